The number of esters is 1. The van der Waals surface area contributed by atoms with Gasteiger partial charge in [-0.25, -0.2) is 4.79 Å². The van der Waals surface area contributed by atoms with Gasteiger partial charge in [0.25, 0.3) is 0 Å². The fourth-order valence-corrected chi connectivity index (χ4v) is 1.45. The van der Waals surface area contributed by atoms with Crippen molar-refractivity contribution in [3.05, 3.63) is 29.8 Å². The van der Waals surface area contributed by atoms with Gasteiger partial charge < -0.3 is 10.1 Å². The Bertz CT molecular complexity index is 469. The van der Waals surface area contributed by atoms with Crippen molar-refractivity contribution in [1.29, 1.82) is 0 Å². The molecule has 0 aliphatic rings. The largest absolute Gasteiger partial charge is 0.462 e. The molecule has 1 rings (SSSR count). The van der Waals surface area contributed by atoms with Crippen LogP contribution in [0.2, 0.25) is 0 Å². The Kier molecular flexibility index (Phi) is 6.02. The zero-order chi connectivity index (χ0) is 15.2. The molecule has 20 heavy (non-hydrogen) atoms. The monoisotopic (exact) mass is 297 g/mol. The summed E-state index contributed by atoms with van der Waals surface area (Å²) in [5.74, 6) is -0.278. The highest BCUT2D eigenvalue weighted by atomic mass is 35.5. The molecule has 110 valence electrons. The van der Waals surface area contributed by atoms with E-state index in [0.717, 1.165) is 6.42 Å². The molecule has 1 aromatic rings. The van der Waals surface area contributed by atoms with Crippen LogP contribution in [-0.2, 0) is 9.53 Å². The van der Waals surface area contributed by atoms with Gasteiger partial charge in [-0.15, -0.1) is 11.6 Å². The molecule has 0 aliphatic heterocycles. The van der Waals surface area contributed by atoms with Crippen LogP contribution in [0.15, 0.2) is 24.3 Å². The molecular formula is C15H20ClNO3. The Morgan fingerprint density at radius 3 is 2.35 bits per heavy atom. The summed E-state index contributed by atoms with van der Waals surface area (Å²) in [6.45, 7) is 5.88. The predicted octanol–water partition coefficient (Wildman–Crippen LogP) is 3.46. The molecule has 0 bridgehead atoms. The first kappa shape index (κ1) is 16.5. The number of anilines is 1. The van der Waals surface area contributed by atoms with Crippen LogP contribution in [0.5, 0.6) is 0 Å². The van der Waals surface area contributed by atoms with Crippen LogP contribution >= 0.6 is 11.6 Å². The highest BCUT2D eigenvalue weighted by molar-refractivity contribution is 6.20. The fraction of sp³-hybridized carbons (Fsp3) is 0.467. The van der Waals surface area contributed by atoms with Crippen molar-refractivity contribution in [2.45, 2.75) is 27.2 Å². The van der Waals surface area contributed by atoms with Gasteiger partial charge in [0.2, 0.25) is 5.91 Å². The van der Waals surface area contributed by atoms with Gasteiger partial charge in [0.05, 0.1) is 17.6 Å². The minimum atomic E-state index is -0.639. The number of benzene rings is 1. The number of ether oxygens (including phenoxy) is 1. The van der Waals surface area contributed by atoms with Crippen molar-refractivity contribution in [1.82, 2.24) is 0 Å². The minimum Gasteiger partial charge on any atom is -0.462 e. The maximum atomic E-state index is 11.9. The van der Waals surface area contributed by atoms with E-state index in [1.807, 2.05) is 6.92 Å². The van der Waals surface area contributed by atoms with Crippen molar-refractivity contribution in [2.75, 3.05) is 17.8 Å². The highest BCUT2D eigenvalue weighted by Gasteiger charge is 2.26. The topological polar surface area (TPSA) is 55.4 Å². The van der Waals surface area contributed by atoms with Crippen LogP contribution in [0.25, 0.3) is 0 Å². The molecule has 0 saturated heterocycles. The van der Waals surface area contributed by atoms with Crippen molar-refractivity contribution >= 4 is 29.2 Å². The normalized spacial score (nSPS) is 11.0. The summed E-state index contributed by atoms with van der Waals surface area (Å²) in [6.07, 6.45) is 0.785. The molecule has 0 aromatic heterocycles. The lowest BCUT2D eigenvalue weighted by Gasteiger charge is -2.20. The van der Waals surface area contributed by atoms with E-state index in [0.29, 0.717) is 17.9 Å². The summed E-state index contributed by atoms with van der Waals surface area (Å²) in [4.78, 5) is 23.6. The van der Waals surface area contributed by atoms with Gasteiger partial charge in [-0.1, -0.05) is 6.92 Å². The number of hydrogen-bond acceptors (Lipinski definition) is 3. The molecule has 0 radical (unpaired) electrons. The zero-order valence-corrected chi connectivity index (χ0v) is 12.8. The summed E-state index contributed by atoms with van der Waals surface area (Å²) in [6, 6.07) is 6.60. The second-order valence-corrected chi connectivity index (χ2v) is 5.45. The van der Waals surface area contributed by atoms with Gasteiger partial charge in [0, 0.05) is 11.6 Å². The Morgan fingerprint density at radius 1 is 1.25 bits per heavy atom. The molecule has 1 aromatic carbocycles. The molecule has 0 spiro atoms. The lowest BCUT2D eigenvalue weighted by atomic mass is 9.95. The summed E-state index contributed by atoms with van der Waals surface area (Å²) >= 11 is 5.75. The molecular weight excluding hydrogens is 278 g/mol. The third-order valence-corrected chi connectivity index (χ3v) is 3.43. The van der Waals surface area contributed by atoms with Crippen LogP contribution in [0.3, 0.4) is 0 Å². The second-order valence-electron chi connectivity index (χ2n) is 5.18. The average molecular weight is 298 g/mol. The van der Waals surface area contributed by atoms with Gasteiger partial charge in [-0.05, 0) is 44.5 Å². The average Bonchev–Trinajstić information content (AvgIpc) is 2.45. The predicted molar refractivity (Wildman–Crippen MR) is 80.1 cm³/mol. The molecule has 4 nitrogen and oxygen atoms in total. The SMILES string of the molecule is CCCOC(=O)c1ccc(NC(=O)C(C)(C)CCl)cc1. The van der Waals surface area contributed by atoms with E-state index in [4.69, 9.17) is 16.3 Å². The maximum absolute atomic E-state index is 11.9. The molecule has 1 N–H and O–H groups in total. The number of rotatable bonds is 6. The van der Waals surface area contributed by atoms with Crippen LogP contribution in [0.1, 0.15) is 37.6 Å². The molecule has 0 atom stereocenters. The molecule has 0 fully saturated rings. The van der Waals surface area contributed by atoms with Crippen LogP contribution in [-0.4, -0.2) is 24.4 Å². The van der Waals surface area contributed by atoms with E-state index < -0.39 is 5.41 Å². The van der Waals surface area contributed by atoms with Crippen LogP contribution < -0.4 is 5.32 Å². The lowest BCUT2D eigenvalue weighted by Crippen LogP contribution is -2.32. The maximum Gasteiger partial charge on any atom is 0.338 e. The smallest absolute Gasteiger partial charge is 0.338 e. The highest BCUT2D eigenvalue weighted by Crippen LogP contribution is 2.20. The van der Waals surface area contributed by atoms with E-state index in [2.05, 4.69) is 5.32 Å². The van der Waals surface area contributed by atoms with Gasteiger partial charge >= 0.3 is 5.97 Å². The van der Waals surface area contributed by atoms with E-state index in [1.54, 1.807) is 38.1 Å². The molecule has 0 aliphatic carbocycles. The van der Waals surface area contributed by atoms with Crippen LogP contribution in [0.4, 0.5) is 5.69 Å². The number of hydrogen-bond donors (Lipinski definition) is 1. The Hall–Kier alpha value is -1.55. The minimum absolute atomic E-state index is 0.159. The number of carbonyl (C=O) groups is 2. The van der Waals surface area contributed by atoms with Crippen molar-refractivity contribution in [3.8, 4) is 0 Å². The molecule has 0 saturated carbocycles. The van der Waals surface area contributed by atoms with E-state index in [-0.39, 0.29) is 17.8 Å². The number of amides is 1. The third kappa shape index (κ3) is 4.53. The standard InChI is InChI=1S/C15H20ClNO3/c1-4-9-20-13(18)11-5-7-12(8-6-11)17-14(19)15(2,3)10-16/h5-8H,4,9-10H2,1-3H3,(H,17,19). The van der Waals surface area contributed by atoms with Gasteiger partial charge in [0.1, 0.15) is 0 Å². The van der Waals surface area contributed by atoms with Gasteiger partial charge in [-0.2, -0.15) is 0 Å². The van der Waals surface area contributed by atoms with E-state index >= 15 is 0 Å². The number of nitrogens with one attached hydrogen (secondary N) is 1. The Labute approximate surface area is 124 Å². The summed E-state index contributed by atoms with van der Waals surface area (Å²) in [7, 11) is 0. The quantitative estimate of drug-likeness (QED) is 0.646. The first-order valence-corrected chi connectivity index (χ1v) is 7.08. The van der Waals surface area contributed by atoms with Gasteiger partial charge in [-0.3, -0.25) is 4.79 Å². The van der Waals surface area contributed by atoms with E-state index in [1.165, 1.54) is 0 Å². The summed E-state index contributed by atoms with van der Waals surface area (Å²) in [5, 5.41) is 2.77. The lowest BCUT2D eigenvalue weighted by molar-refractivity contribution is -0.122. The molecule has 1 amide bonds. The molecule has 0 heterocycles. The Balaban J connectivity index is 2.68. The fourth-order valence-electron chi connectivity index (χ4n) is 1.33. The Morgan fingerprint density at radius 2 is 1.85 bits per heavy atom. The second kappa shape index (κ2) is 7.29. The molecule has 0 unspecified atom stereocenters. The van der Waals surface area contributed by atoms with Crippen molar-refractivity contribution in [3.63, 3.8) is 0 Å². The third-order valence-electron chi connectivity index (χ3n) is 2.76. The molecule has 5 heteroatoms. The number of halogens is 1. The van der Waals surface area contributed by atoms with Crippen molar-refractivity contribution in [2.24, 2.45) is 5.41 Å². The summed E-state index contributed by atoms with van der Waals surface area (Å²) in [5.41, 5.74) is 0.452. The van der Waals surface area contributed by atoms with Gasteiger partial charge in [0.15, 0.2) is 0 Å². The number of alkyl halides is 1. The summed E-state index contributed by atoms with van der Waals surface area (Å²) < 4.78 is 5.03. The first-order valence-electron chi connectivity index (χ1n) is 6.55. The number of carbonyl (C=O) groups excluding carboxylic acids is 2. The van der Waals surface area contributed by atoms with Crippen LogP contribution in [0, 0.1) is 5.41 Å². The van der Waals surface area contributed by atoms with E-state index in [9.17, 15) is 9.59 Å². The van der Waals surface area contributed by atoms with Crippen molar-refractivity contribution < 1.29 is 14.3 Å². The first-order chi connectivity index (χ1) is 9.40. The zero-order valence-electron chi connectivity index (χ0n) is 12.0.